The first-order chi connectivity index (χ1) is 9.65. The fourth-order valence-electron chi connectivity index (χ4n) is 2.99. The zero-order valence-corrected chi connectivity index (χ0v) is 14.9. The van der Waals surface area contributed by atoms with Crippen molar-refractivity contribution in [2.24, 2.45) is 0 Å². The lowest BCUT2D eigenvalue weighted by Crippen LogP contribution is -2.16. The fraction of sp³-hybridized carbons (Fsp3) is 0.412. The van der Waals surface area contributed by atoms with Crippen LogP contribution in [0.5, 0.6) is 0 Å². The SMILES string of the molecule is CC(C)c1ccccc1NC1CCCc2sc(I)cc21. The molecule has 3 heteroatoms. The molecule has 1 aromatic carbocycles. The van der Waals surface area contributed by atoms with Gasteiger partial charge in [-0.25, -0.2) is 0 Å². The van der Waals surface area contributed by atoms with Gasteiger partial charge in [-0.1, -0.05) is 32.0 Å². The van der Waals surface area contributed by atoms with Gasteiger partial charge in [0.1, 0.15) is 0 Å². The summed E-state index contributed by atoms with van der Waals surface area (Å²) in [6.07, 6.45) is 3.80. The molecule has 0 fully saturated rings. The molecule has 1 heterocycles. The average Bonchev–Trinajstić information content (AvgIpc) is 2.80. The molecule has 20 heavy (non-hydrogen) atoms. The normalized spacial score (nSPS) is 18.1. The Bertz CT molecular complexity index is 603. The first kappa shape index (κ1) is 14.4. The van der Waals surface area contributed by atoms with E-state index in [4.69, 9.17) is 0 Å². The zero-order valence-electron chi connectivity index (χ0n) is 11.9. The molecule has 0 bridgehead atoms. The van der Waals surface area contributed by atoms with E-state index in [2.05, 4.69) is 72.1 Å². The van der Waals surface area contributed by atoms with Crippen molar-refractivity contribution in [1.82, 2.24) is 0 Å². The van der Waals surface area contributed by atoms with E-state index >= 15 is 0 Å². The largest absolute Gasteiger partial charge is 0.378 e. The second-order valence-corrected chi connectivity index (χ2v) is 8.79. The van der Waals surface area contributed by atoms with Crippen molar-refractivity contribution in [2.75, 3.05) is 5.32 Å². The van der Waals surface area contributed by atoms with E-state index in [9.17, 15) is 0 Å². The number of halogens is 1. The molecule has 1 unspecified atom stereocenters. The molecule has 0 spiro atoms. The number of rotatable bonds is 3. The van der Waals surface area contributed by atoms with E-state index in [1.165, 1.54) is 39.0 Å². The van der Waals surface area contributed by atoms with Gasteiger partial charge in [0, 0.05) is 10.6 Å². The molecule has 0 amide bonds. The van der Waals surface area contributed by atoms with Crippen LogP contribution in [0.1, 0.15) is 54.7 Å². The number of thiophene rings is 1. The van der Waals surface area contributed by atoms with Crippen LogP contribution in [0.3, 0.4) is 0 Å². The van der Waals surface area contributed by atoms with Crippen LogP contribution >= 0.6 is 33.9 Å². The van der Waals surface area contributed by atoms with Crippen molar-refractivity contribution in [1.29, 1.82) is 0 Å². The maximum absolute atomic E-state index is 3.80. The van der Waals surface area contributed by atoms with Gasteiger partial charge in [0.15, 0.2) is 0 Å². The molecule has 1 aliphatic carbocycles. The molecule has 1 aliphatic rings. The smallest absolute Gasteiger partial charge is 0.0660 e. The molecule has 2 aromatic rings. The molecule has 1 nitrogen and oxygen atoms in total. The Kier molecular flexibility index (Phi) is 4.36. The highest BCUT2D eigenvalue weighted by molar-refractivity contribution is 14.1. The first-order valence-electron chi connectivity index (χ1n) is 7.28. The summed E-state index contributed by atoms with van der Waals surface area (Å²) >= 11 is 4.41. The molecule has 0 saturated carbocycles. The lowest BCUT2D eigenvalue weighted by molar-refractivity contribution is 0.607. The van der Waals surface area contributed by atoms with Crippen molar-refractivity contribution in [2.45, 2.75) is 45.1 Å². The number of aryl methyl sites for hydroxylation is 1. The minimum Gasteiger partial charge on any atom is -0.378 e. The van der Waals surface area contributed by atoms with Crippen LogP contribution < -0.4 is 5.32 Å². The number of fused-ring (bicyclic) bond motifs is 1. The predicted molar refractivity (Wildman–Crippen MR) is 96.9 cm³/mol. The number of hydrogen-bond donors (Lipinski definition) is 1. The summed E-state index contributed by atoms with van der Waals surface area (Å²) in [7, 11) is 0. The Morgan fingerprint density at radius 3 is 2.90 bits per heavy atom. The van der Waals surface area contributed by atoms with Crippen LogP contribution in [-0.4, -0.2) is 0 Å². The summed E-state index contributed by atoms with van der Waals surface area (Å²) in [5.74, 6) is 0.560. The van der Waals surface area contributed by atoms with Crippen LogP contribution in [0, 0.1) is 2.88 Å². The van der Waals surface area contributed by atoms with E-state index in [0.29, 0.717) is 12.0 Å². The third-order valence-corrected chi connectivity index (χ3v) is 5.97. The molecule has 3 rings (SSSR count). The van der Waals surface area contributed by atoms with Gasteiger partial charge in [0.05, 0.1) is 8.93 Å². The van der Waals surface area contributed by atoms with Gasteiger partial charge >= 0.3 is 0 Å². The number of nitrogens with one attached hydrogen (secondary N) is 1. The van der Waals surface area contributed by atoms with Crippen molar-refractivity contribution in [3.63, 3.8) is 0 Å². The number of benzene rings is 1. The number of para-hydroxylation sites is 1. The van der Waals surface area contributed by atoms with Gasteiger partial charge in [-0.05, 0) is 71.0 Å². The Morgan fingerprint density at radius 1 is 1.30 bits per heavy atom. The van der Waals surface area contributed by atoms with E-state index in [1.54, 1.807) is 4.88 Å². The monoisotopic (exact) mass is 397 g/mol. The third-order valence-electron chi connectivity index (χ3n) is 4.00. The summed E-state index contributed by atoms with van der Waals surface area (Å²) in [6.45, 7) is 4.53. The van der Waals surface area contributed by atoms with Gasteiger partial charge in [-0.15, -0.1) is 11.3 Å². The van der Waals surface area contributed by atoms with Gasteiger partial charge in [0.2, 0.25) is 0 Å². The Labute approximate surface area is 138 Å². The van der Waals surface area contributed by atoms with Crippen molar-refractivity contribution in [3.8, 4) is 0 Å². The molecular weight excluding hydrogens is 377 g/mol. The molecular formula is C17H20INS. The quantitative estimate of drug-likeness (QED) is 0.630. The number of hydrogen-bond acceptors (Lipinski definition) is 2. The maximum atomic E-state index is 3.80. The summed E-state index contributed by atoms with van der Waals surface area (Å²) in [5.41, 5.74) is 4.26. The standard InChI is InChI=1S/C17H20INS/c1-11(2)12-6-3-4-7-14(12)19-15-8-5-9-16-13(15)10-17(18)20-16/h3-4,6-7,10-11,15,19H,5,8-9H2,1-2H3. The molecule has 0 saturated heterocycles. The highest BCUT2D eigenvalue weighted by Crippen LogP contribution is 2.39. The van der Waals surface area contributed by atoms with Crippen molar-refractivity contribution < 1.29 is 0 Å². The molecule has 1 aromatic heterocycles. The van der Waals surface area contributed by atoms with Gasteiger partial charge in [-0.2, -0.15) is 0 Å². The minimum absolute atomic E-state index is 0.485. The van der Waals surface area contributed by atoms with Gasteiger partial charge in [0.25, 0.3) is 0 Å². The summed E-state index contributed by atoms with van der Waals surface area (Å²) in [6, 6.07) is 11.6. The average molecular weight is 397 g/mol. The van der Waals surface area contributed by atoms with Crippen molar-refractivity contribution in [3.05, 3.63) is 49.2 Å². The first-order valence-corrected chi connectivity index (χ1v) is 9.18. The Balaban J connectivity index is 1.89. The van der Waals surface area contributed by atoms with Gasteiger partial charge in [-0.3, -0.25) is 0 Å². The van der Waals surface area contributed by atoms with Crippen LogP contribution in [0.15, 0.2) is 30.3 Å². The molecule has 1 N–H and O–H groups in total. The highest BCUT2D eigenvalue weighted by atomic mass is 127. The van der Waals surface area contributed by atoms with E-state index in [-0.39, 0.29) is 0 Å². The van der Waals surface area contributed by atoms with Crippen LogP contribution in [0.25, 0.3) is 0 Å². The molecule has 106 valence electrons. The molecule has 0 radical (unpaired) electrons. The second-order valence-electron chi connectivity index (χ2n) is 5.76. The summed E-state index contributed by atoms with van der Waals surface area (Å²) in [4.78, 5) is 1.58. The lowest BCUT2D eigenvalue weighted by Gasteiger charge is -2.26. The van der Waals surface area contributed by atoms with Crippen LogP contribution in [-0.2, 0) is 6.42 Å². The van der Waals surface area contributed by atoms with Crippen LogP contribution in [0.4, 0.5) is 5.69 Å². The maximum Gasteiger partial charge on any atom is 0.0660 e. The predicted octanol–water partition coefficient (Wildman–Crippen LogP) is 5.97. The fourth-order valence-corrected chi connectivity index (χ4v) is 5.11. The van der Waals surface area contributed by atoms with Gasteiger partial charge < -0.3 is 5.32 Å². The summed E-state index contributed by atoms with van der Waals surface area (Å²) < 4.78 is 1.42. The minimum atomic E-state index is 0.485. The lowest BCUT2D eigenvalue weighted by atomic mass is 9.93. The van der Waals surface area contributed by atoms with Crippen LogP contribution in [0.2, 0.25) is 0 Å². The Hall–Kier alpha value is -0.550. The second kappa shape index (κ2) is 6.06. The zero-order chi connectivity index (χ0) is 14.1. The van der Waals surface area contributed by atoms with E-state index in [1.807, 2.05) is 11.3 Å². The molecule has 1 atom stereocenters. The highest BCUT2D eigenvalue weighted by Gasteiger charge is 2.23. The summed E-state index contributed by atoms with van der Waals surface area (Å²) in [5, 5.41) is 3.80. The Morgan fingerprint density at radius 2 is 2.10 bits per heavy atom. The topological polar surface area (TPSA) is 12.0 Å². The number of anilines is 1. The molecule has 0 aliphatic heterocycles. The third kappa shape index (κ3) is 2.89. The van der Waals surface area contributed by atoms with E-state index < -0.39 is 0 Å². The van der Waals surface area contributed by atoms with E-state index in [0.717, 1.165) is 0 Å². The van der Waals surface area contributed by atoms with Crippen molar-refractivity contribution >= 4 is 39.6 Å².